The molecule has 124 valence electrons. The first-order valence-electron chi connectivity index (χ1n) is 7.59. The van der Waals surface area contributed by atoms with Gasteiger partial charge < -0.3 is 14.2 Å². The number of hydrogen-bond donors (Lipinski definition) is 0. The summed E-state index contributed by atoms with van der Waals surface area (Å²) in [6, 6.07) is -0.657. The molecule has 0 N–H and O–H groups in total. The Bertz CT molecular complexity index is 296. The van der Waals surface area contributed by atoms with Crippen LogP contribution >= 0.6 is 0 Å². The quantitative estimate of drug-likeness (QED) is 0.433. The largest absolute Gasteiger partial charge is 0.464 e. The van der Waals surface area contributed by atoms with E-state index in [1.165, 1.54) is 31.9 Å². The highest BCUT2D eigenvalue weighted by Gasteiger charge is 2.24. The summed E-state index contributed by atoms with van der Waals surface area (Å²) < 4.78 is 14.9. The summed E-state index contributed by atoms with van der Waals surface area (Å²) in [4.78, 5) is 24.7. The molecule has 0 aliphatic rings. The molecule has 0 fully saturated rings. The van der Waals surface area contributed by atoms with Crippen molar-refractivity contribution in [3.8, 4) is 0 Å². The number of unbranched alkanes of at least 4 members (excludes halogenated alkanes) is 4. The predicted octanol–water partition coefficient (Wildman–Crippen LogP) is 2.60. The molecule has 1 atom stereocenters. The Morgan fingerprint density at radius 2 is 1.67 bits per heavy atom. The maximum Gasteiger partial charge on any atom is 0.410 e. The van der Waals surface area contributed by atoms with Crippen molar-refractivity contribution >= 4 is 12.1 Å². The van der Waals surface area contributed by atoms with E-state index in [0.29, 0.717) is 13.2 Å². The molecule has 0 aliphatic carbocycles. The Kier molecular flexibility index (Phi) is 11.7. The van der Waals surface area contributed by atoms with E-state index in [2.05, 4.69) is 6.92 Å². The van der Waals surface area contributed by atoms with E-state index in [4.69, 9.17) is 14.2 Å². The molecule has 1 unspecified atom stereocenters. The van der Waals surface area contributed by atoms with Crippen molar-refractivity contribution in [2.24, 2.45) is 0 Å². The number of rotatable bonds is 11. The third-order valence-electron chi connectivity index (χ3n) is 3.22. The standard InChI is InChI=1S/C15H29NO5/c1-5-6-7-8-9-10-20-14(17)13(2)16(3)15(18)21-12-11-19-4/h13H,5-12H2,1-4H3. The SMILES string of the molecule is CCCCCCCOC(=O)C(C)N(C)C(=O)OCCOC. The van der Waals surface area contributed by atoms with Gasteiger partial charge in [0.15, 0.2) is 0 Å². The third-order valence-corrected chi connectivity index (χ3v) is 3.22. The minimum Gasteiger partial charge on any atom is -0.464 e. The number of carbonyl (C=O) groups is 2. The number of esters is 1. The fourth-order valence-electron chi connectivity index (χ4n) is 1.63. The topological polar surface area (TPSA) is 65.1 Å². The van der Waals surface area contributed by atoms with Crippen molar-refractivity contribution in [3.05, 3.63) is 0 Å². The fourth-order valence-corrected chi connectivity index (χ4v) is 1.63. The Labute approximate surface area is 127 Å². The predicted molar refractivity (Wildman–Crippen MR) is 80.2 cm³/mol. The van der Waals surface area contributed by atoms with Crippen molar-refractivity contribution in [2.45, 2.75) is 52.0 Å². The minimum absolute atomic E-state index is 0.166. The first-order valence-corrected chi connectivity index (χ1v) is 7.59. The van der Waals surface area contributed by atoms with Crippen LogP contribution in [0.4, 0.5) is 4.79 Å². The van der Waals surface area contributed by atoms with Crippen molar-refractivity contribution in [1.82, 2.24) is 4.90 Å². The van der Waals surface area contributed by atoms with Gasteiger partial charge in [-0.05, 0) is 13.3 Å². The van der Waals surface area contributed by atoms with Gasteiger partial charge in [0.1, 0.15) is 12.6 Å². The number of likely N-dealkylation sites (N-methyl/N-ethyl adjacent to an activating group) is 1. The fraction of sp³-hybridized carbons (Fsp3) is 0.867. The molecule has 0 aromatic rings. The molecule has 0 saturated carbocycles. The summed E-state index contributed by atoms with van der Waals surface area (Å²) in [5, 5.41) is 0. The van der Waals surface area contributed by atoms with Crippen LogP contribution in [0, 0.1) is 0 Å². The monoisotopic (exact) mass is 303 g/mol. The van der Waals surface area contributed by atoms with Crippen LogP contribution in [0.25, 0.3) is 0 Å². The molecule has 0 aromatic carbocycles. The van der Waals surface area contributed by atoms with Crippen LogP contribution < -0.4 is 0 Å². The van der Waals surface area contributed by atoms with Gasteiger partial charge in [0, 0.05) is 14.2 Å². The van der Waals surface area contributed by atoms with Crippen LogP contribution in [-0.4, -0.2) is 57.0 Å². The second-order valence-electron chi connectivity index (χ2n) is 4.98. The summed E-state index contributed by atoms with van der Waals surface area (Å²) >= 11 is 0. The molecule has 0 saturated heterocycles. The van der Waals surface area contributed by atoms with Crippen molar-refractivity contribution in [2.75, 3.05) is 34.0 Å². The van der Waals surface area contributed by atoms with Gasteiger partial charge in [-0.3, -0.25) is 4.90 Å². The molecule has 0 radical (unpaired) electrons. The smallest absolute Gasteiger partial charge is 0.410 e. The molecular weight excluding hydrogens is 274 g/mol. The zero-order valence-electron chi connectivity index (χ0n) is 13.7. The van der Waals surface area contributed by atoms with Crippen molar-refractivity contribution in [3.63, 3.8) is 0 Å². The number of amides is 1. The van der Waals surface area contributed by atoms with Crippen molar-refractivity contribution in [1.29, 1.82) is 0 Å². The zero-order chi connectivity index (χ0) is 16.1. The molecule has 6 nitrogen and oxygen atoms in total. The first kappa shape index (κ1) is 19.7. The highest BCUT2D eigenvalue weighted by molar-refractivity contribution is 5.80. The molecule has 21 heavy (non-hydrogen) atoms. The molecule has 6 heteroatoms. The summed E-state index contributed by atoms with van der Waals surface area (Å²) in [5.74, 6) is -0.406. The van der Waals surface area contributed by atoms with E-state index in [0.717, 1.165) is 19.3 Å². The molecule has 0 heterocycles. The van der Waals surface area contributed by atoms with Gasteiger partial charge in [0.25, 0.3) is 0 Å². The second-order valence-corrected chi connectivity index (χ2v) is 4.98. The van der Waals surface area contributed by atoms with Gasteiger partial charge in [-0.1, -0.05) is 32.6 Å². The van der Waals surface area contributed by atoms with Crippen LogP contribution in [0.2, 0.25) is 0 Å². The van der Waals surface area contributed by atoms with E-state index in [1.807, 2.05) is 0 Å². The average Bonchev–Trinajstić information content (AvgIpc) is 2.49. The summed E-state index contributed by atoms with van der Waals surface area (Å²) in [6.45, 7) is 4.68. The minimum atomic E-state index is -0.657. The normalized spacial score (nSPS) is 11.8. The number of methoxy groups -OCH3 is 1. The zero-order valence-corrected chi connectivity index (χ0v) is 13.7. The van der Waals surface area contributed by atoms with Crippen LogP contribution in [0.3, 0.4) is 0 Å². The second kappa shape index (κ2) is 12.4. The molecule has 1 amide bonds. The summed E-state index contributed by atoms with van der Waals surface area (Å²) in [6.07, 6.45) is 4.92. The van der Waals surface area contributed by atoms with E-state index in [1.54, 1.807) is 6.92 Å². The van der Waals surface area contributed by atoms with E-state index in [9.17, 15) is 9.59 Å². The highest BCUT2D eigenvalue weighted by Crippen LogP contribution is 2.05. The lowest BCUT2D eigenvalue weighted by molar-refractivity contribution is -0.148. The molecular formula is C15H29NO5. The van der Waals surface area contributed by atoms with Gasteiger partial charge in [0.2, 0.25) is 0 Å². The van der Waals surface area contributed by atoms with Gasteiger partial charge >= 0.3 is 12.1 Å². The maximum atomic E-state index is 11.8. The molecule has 0 bridgehead atoms. The Balaban J connectivity index is 3.87. The number of carbonyl (C=O) groups excluding carboxylic acids is 2. The number of nitrogens with zero attached hydrogens (tertiary/aromatic N) is 1. The first-order chi connectivity index (χ1) is 10.0. The van der Waals surface area contributed by atoms with E-state index in [-0.39, 0.29) is 6.61 Å². The van der Waals surface area contributed by atoms with Crippen molar-refractivity contribution < 1.29 is 23.8 Å². The van der Waals surface area contributed by atoms with Crippen LogP contribution in [0.15, 0.2) is 0 Å². The average molecular weight is 303 g/mol. The molecule has 0 rings (SSSR count). The Morgan fingerprint density at radius 3 is 2.29 bits per heavy atom. The van der Waals surface area contributed by atoms with Crippen LogP contribution in [0.5, 0.6) is 0 Å². The van der Waals surface area contributed by atoms with E-state index >= 15 is 0 Å². The van der Waals surface area contributed by atoms with Crippen LogP contribution in [0.1, 0.15) is 46.0 Å². The number of ether oxygens (including phenoxy) is 3. The summed E-state index contributed by atoms with van der Waals surface area (Å²) in [5.41, 5.74) is 0. The maximum absolute atomic E-state index is 11.8. The molecule has 0 spiro atoms. The Morgan fingerprint density at radius 1 is 1.00 bits per heavy atom. The van der Waals surface area contributed by atoms with Gasteiger partial charge in [-0.25, -0.2) is 9.59 Å². The van der Waals surface area contributed by atoms with Gasteiger partial charge in [-0.2, -0.15) is 0 Å². The number of hydrogen-bond acceptors (Lipinski definition) is 5. The molecule has 0 aliphatic heterocycles. The highest BCUT2D eigenvalue weighted by atomic mass is 16.6. The Hall–Kier alpha value is -1.30. The lowest BCUT2D eigenvalue weighted by atomic mass is 10.2. The van der Waals surface area contributed by atoms with Crippen LogP contribution in [-0.2, 0) is 19.0 Å². The van der Waals surface area contributed by atoms with Gasteiger partial charge in [0.05, 0.1) is 13.2 Å². The lowest BCUT2D eigenvalue weighted by Crippen LogP contribution is -2.42. The lowest BCUT2D eigenvalue weighted by Gasteiger charge is -2.22. The van der Waals surface area contributed by atoms with Gasteiger partial charge in [-0.15, -0.1) is 0 Å². The third kappa shape index (κ3) is 9.28. The van der Waals surface area contributed by atoms with E-state index < -0.39 is 18.1 Å². The summed E-state index contributed by atoms with van der Waals surface area (Å²) in [7, 11) is 3.04. The molecule has 0 aromatic heterocycles.